The number of rotatable bonds is 1. The van der Waals surface area contributed by atoms with Gasteiger partial charge in [0.15, 0.2) is 0 Å². The SMILES string of the molecule is CCOC(F)(F)F.[H-].[Li+]. The molecule has 0 spiro atoms. The van der Waals surface area contributed by atoms with Crippen molar-refractivity contribution in [2.45, 2.75) is 13.3 Å². The molecule has 0 aromatic rings. The third-order valence-electron chi connectivity index (χ3n) is 0.308. The van der Waals surface area contributed by atoms with Crippen molar-refractivity contribution in [2.75, 3.05) is 6.61 Å². The molecule has 0 bridgehead atoms. The minimum absolute atomic E-state index is 0. The Hall–Kier alpha value is 0.347. The van der Waals surface area contributed by atoms with Gasteiger partial charge < -0.3 is 1.43 Å². The summed E-state index contributed by atoms with van der Waals surface area (Å²) in [5.74, 6) is 0. The second-order valence-corrected chi connectivity index (χ2v) is 0.879. The van der Waals surface area contributed by atoms with E-state index in [0.717, 1.165) is 0 Å². The normalized spacial score (nSPS) is 10.5. The Balaban J connectivity index is -0.000000180. The summed E-state index contributed by atoms with van der Waals surface area (Å²) in [5, 5.41) is 0. The Labute approximate surface area is 58.9 Å². The van der Waals surface area contributed by atoms with Crippen LogP contribution in [0.15, 0.2) is 0 Å². The van der Waals surface area contributed by atoms with Crippen LogP contribution in [0.2, 0.25) is 0 Å². The van der Waals surface area contributed by atoms with Gasteiger partial charge in [-0.2, -0.15) is 0 Å². The molecular weight excluding hydrogens is 116 g/mol. The summed E-state index contributed by atoms with van der Waals surface area (Å²) in [4.78, 5) is 0. The van der Waals surface area contributed by atoms with Crippen molar-refractivity contribution in [3.8, 4) is 0 Å². The topological polar surface area (TPSA) is 9.23 Å². The zero-order valence-electron chi connectivity index (χ0n) is 5.75. The summed E-state index contributed by atoms with van der Waals surface area (Å²) in [7, 11) is 0. The monoisotopic (exact) mass is 122 g/mol. The van der Waals surface area contributed by atoms with Gasteiger partial charge in [0.2, 0.25) is 0 Å². The first-order valence-electron chi connectivity index (χ1n) is 1.77. The third-order valence-corrected chi connectivity index (χ3v) is 0.308. The first-order chi connectivity index (χ1) is 3.06. The van der Waals surface area contributed by atoms with Crippen LogP contribution in [-0.2, 0) is 4.74 Å². The summed E-state index contributed by atoms with van der Waals surface area (Å²) < 4.78 is 35.7. The molecule has 0 rings (SSSR count). The third kappa shape index (κ3) is 9.60. The largest absolute Gasteiger partial charge is 1.00 e. The molecule has 0 heterocycles. The average molecular weight is 122 g/mol. The molecule has 0 aromatic heterocycles. The molecule has 0 atom stereocenters. The van der Waals surface area contributed by atoms with Gasteiger partial charge >= 0.3 is 25.2 Å². The molecule has 0 aliphatic carbocycles. The quantitative estimate of drug-likeness (QED) is 0.391. The summed E-state index contributed by atoms with van der Waals surface area (Å²) in [6.07, 6.45) is -4.45. The van der Waals surface area contributed by atoms with Crippen LogP contribution in [0.25, 0.3) is 0 Å². The maximum absolute atomic E-state index is 10.8. The van der Waals surface area contributed by atoms with Crippen LogP contribution in [0.5, 0.6) is 0 Å². The molecule has 0 aliphatic heterocycles. The maximum atomic E-state index is 10.8. The van der Waals surface area contributed by atoms with E-state index in [1.54, 1.807) is 0 Å². The number of halogens is 3. The van der Waals surface area contributed by atoms with Gasteiger partial charge in [-0.25, -0.2) is 0 Å². The first-order valence-corrected chi connectivity index (χ1v) is 1.77. The molecule has 8 heavy (non-hydrogen) atoms. The van der Waals surface area contributed by atoms with E-state index in [1.807, 2.05) is 0 Å². The van der Waals surface area contributed by atoms with E-state index < -0.39 is 6.36 Å². The average Bonchev–Trinajstić information content (AvgIpc) is 1.30. The minimum atomic E-state index is -4.45. The van der Waals surface area contributed by atoms with Gasteiger partial charge in [0.25, 0.3) is 0 Å². The second-order valence-electron chi connectivity index (χ2n) is 0.879. The van der Waals surface area contributed by atoms with E-state index in [4.69, 9.17) is 0 Å². The molecule has 5 heteroatoms. The fraction of sp³-hybridized carbons (Fsp3) is 1.00. The van der Waals surface area contributed by atoms with Crippen molar-refractivity contribution >= 4 is 0 Å². The van der Waals surface area contributed by atoms with Gasteiger partial charge in [-0.15, -0.1) is 13.2 Å². The van der Waals surface area contributed by atoms with Crippen molar-refractivity contribution in [3.05, 3.63) is 0 Å². The van der Waals surface area contributed by atoms with E-state index in [9.17, 15) is 13.2 Å². The van der Waals surface area contributed by atoms with Crippen LogP contribution in [0.3, 0.4) is 0 Å². The van der Waals surface area contributed by atoms with E-state index in [2.05, 4.69) is 4.74 Å². The van der Waals surface area contributed by atoms with Crippen molar-refractivity contribution in [3.63, 3.8) is 0 Å². The predicted molar refractivity (Wildman–Crippen MR) is 18.8 cm³/mol. The van der Waals surface area contributed by atoms with Crippen LogP contribution < -0.4 is 18.9 Å². The Morgan fingerprint density at radius 3 is 1.88 bits per heavy atom. The van der Waals surface area contributed by atoms with Crippen molar-refractivity contribution in [2.24, 2.45) is 0 Å². The standard InChI is InChI=1S/C3H5F3O.Li.H/c1-2-7-3(4,5)6;;/h2H2,1H3;;/q;+1;-1. The van der Waals surface area contributed by atoms with Gasteiger partial charge in [-0.1, -0.05) is 0 Å². The molecule has 0 unspecified atom stereocenters. The number of hydrogen-bond acceptors (Lipinski definition) is 1. The zero-order chi connectivity index (χ0) is 5.91. The Morgan fingerprint density at radius 2 is 1.88 bits per heavy atom. The maximum Gasteiger partial charge on any atom is 1.00 e. The summed E-state index contributed by atoms with van der Waals surface area (Å²) in [5.41, 5.74) is 0. The molecule has 0 N–H and O–H groups in total. The smallest absolute Gasteiger partial charge is 1.00 e. The first kappa shape index (κ1) is 11.2. The molecule has 0 saturated carbocycles. The van der Waals surface area contributed by atoms with Crippen molar-refractivity contribution in [1.82, 2.24) is 0 Å². The van der Waals surface area contributed by atoms with Gasteiger partial charge in [-0.05, 0) is 6.92 Å². The van der Waals surface area contributed by atoms with Gasteiger partial charge in [0, 0.05) is 0 Å². The van der Waals surface area contributed by atoms with Crippen LogP contribution >= 0.6 is 0 Å². The fourth-order valence-electron chi connectivity index (χ4n) is 0.164. The second kappa shape index (κ2) is 4.25. The minimum Gasteiger partial charge on any atom is -1.00 e. The molecule has 0 aliphatic rings. The van der Waals surface area contributed by atoms with Gasteiger partial charge in [-0.3, -0.25) is 4.74 Å². The van der Waals surface area contributed by atoms with Crippen LogP contribution in [0.1, 0.15) is 8.35 Å². The van der Waals surface area contributed by atoms with Crippen molar-refractivity contribution < 1.29 is 38.2 Å². The summed E-state index contributed by atoms with van der Waals surface area (Å²) in [6.45, 7) is 0.969. The Bertz CT molecular complexity index is 57.5. The van der Waals surface area contributed by atoms with Crippen molar-refractivity contribution in [1.29, 1.82) is 0 Å². The van der Waals surface area contributed by atoms with Crippen LogP contribution in [0.4, 0.5) is 13.2 Å². The molecule has 46 valence electrons. The predicted octanol–water partition coefficient (Wildman–Crippen LogP) is -1.34. The zero-order valence-corrected chi connectivity index (χ0v) is 4.75. The Kier molecular flexibility index (Phi) is 5.94. The Morgan fingerprint density at radius 1 is 1.50 bits per heavy atom. The van der Waals surface area contributed by atoms with Gasteiger partial charge in [0.05, 0.1) is 6.61 Å². The van der Waals surface area contributed by atoms with E-state index in [0.29, 0.717) is 0 Å². The van der Waals surface area contributed by atoms with Gasteiger partial charge in [0.1, 0.15) is 0 Å². The number of alkyl halides is 3. The summed E-state index contributed by atoms with van der Waals surface area (Å²) in [6, 6.07) is 0. The van der Waals surface area contributed by atoms with Crippen LogP contribution in [0, 0.1) is 0 Å². The summed E-state index contributed by atoms with van der Waals surface area (Å²) >= 11 is 0. The van der Waals surface area contributed by atoms with E-state index in [-0.39, 0.29) is 26.9 Å². The fourth-order valence-corrected chi connectivity index (χ4v) is 0.164. The van der Waals surface area contributed by atoms with E-state index >= 15 is 0 Å². The molecule has 0 aromatic carbocycles. The van der Waals surface area contributed by atoms with E-state index in [1.165, 1.54) is 6.92 Å². The molecule has 0 fully saturated rings. The number of ether oxygens (including phenoxy) is 1. The van der Waals surface area contributed by atoms with Crippen LogP contribution in [-0.4, -0.2) is 13.0 Å². The molecule has 0 amide bonds. The molecular formula is C3H6F3LiO. The molecule has 0 radical (unpaired) electrons. The number of hydrogen-bond donors (Lipinski definition) is 0. The molecule has 0 saturated heterocycles. The molecule has 1 nitrogen and oxygen atoms in total.